The zero-order chi connectivity index (χ0) is 24.2. The largest absolute Gasteiger partial charge is 0.460 e. The molecular weight excluding hydrogens is 462 g/mol. The molecule has 1 heterocycles. The normalized spacial score (nSPS) is 20.8. The van der Waals surface area contributed by atoms with E-state index in [0.29, 0.717) is 23.7 Å². The Labute approximate surface area is 201 Å². The number of amides is 2. The Kier molecular flexibility index (Phi) is 7.92. The van der Waals surface area contributed by atoms with Crippen molar-refractivity contribution < 1.29 is 17.2 Å². The van der Waals surface area contributed by atoms with Crippen molar-refractivity contribution in [3.05, 3.63) is 70.7 Å². The van der Waals surface area contributed by atoms with Crippen molar-refractivity contribution in [2.45, 2.75) is 12.3 Å². The highest BCUT2D eigenvalue weighted by Crippen LogP contribution is 2.37. The number of carbonyl (C=O) groups is 1. The van der Waals surface area contributed by atoms with Gasteiger partial charge in [-0.2, -0.15) is 12.7 Å². The third kappa shape index (κ3) is 5.28. The fraction of sp³-hybridized carbons (Fsp3) is 0.391. The van der Waals surface area contributed by atoms with E-state index in [1.807, 2.05) is 49.3 Å². The van der Waals surface area contributed by atoms with Crippen LogP contribution in [-0.4, -0.2) is 81.2 Å². The molecule has 0 aliphatic carbocycles. The molecule has 8 nitrogen and oxygen atoms in total. The minimum atomic E-state index is -4.15. The van der Waals surface area contributed by atoms with E-state index < -0.39 is 26.2 Å². The Balaban J connectivity index is 2.10. The van der Waals surface area contributed by atoms with Crippen LogP contribution in [0.1, 0.15) is 23.5 Å². The van der Waals surface area contributed by atoms with Gasteiger partial charge in [0, 0.05) is 35.2 Å². The lowest BCUT2D eigenvalue weighted by molar-refractivity contribution is -0.725. The molecule has 0 aromatic heterocycles. The molecule has 0 saturated carbocycles. The molecule has 10 heteroatoms. The highest BCUT2D eigenvalue weighted by molar-refractivity contribution is 7.83. The molecule has 0 saturated heterocycles. The quantitative estimate of drug-likeness (QED) is 0.453. The minimum Gasteiger partial charge on any atom is -0.309 e. The lowest BCUT2D eigenvalue weighted by atomic mass is 9.91. The molecule has 2 atom stereocenters. The lowest BCUT2D eigenvalue weighted by Crippen LogP contribution is -2.60. The average Bonchev–Trinajstić information content (AvgIpc) is 3.20. The number of hydrogen-bond acceptors (Lipinski definition) is 5. The monoisotopic (exact) mass is 492 g/mol. The van der Waals surface area contributed by atoms with Crippen LogP contribution in [0, 0.1) is 0 Å². The Bertz CT molecular complexity index is 1100. The van der Waals surface area contributed by atoms with Crippen LogP contribution >= 0.6 is 11.6 Å². The molecule has 178 valence electrons. The summed E-state index contributed by atoms with van der Waals surface area (Å²) in [4.78, 5) is 15.5. The van der Waals surface area contributed by atoms with Gasteiger partial charge in [0.25, 0.3) is 0 Å². The van der Waals surface area contributed by atoms with E-state index in [1.165, 1.54) is 14.1 Å². The van der Waals surface area contributed by atoms with Crippen molar-refractivity contribution in [3.8, 4) is 0 Å². The molecule has 0 fully saturated rings. The van der Waals surface area contributed by atoms with Crippen LogP contribution in [0.2, 0.25) is 5.02 Å². The molecule has 2 aromatic carbocycles. The molecule has 1 N–H and O–H groups in total. The van der Waals surface area contributed by atoms with Crippen LogP contribution in [-0.2, 0) is 10.2 Å². The van der Waals surface area contributed by atoms with E-state index in [-0.39, 0.29) is 6.54 Å². The molecule has 1 aliphatic heterocycles. The predicted octanol–water partition coefficient (Wildman–Crippen LogP) is 3.13. The summed E-state index contributed by atoms with van der Waals surface area (Å²) in [6.45, 7) is 1.08. The lowest BCUT2D eigenvalue weighted by Gasteiger charge is -2.27. The topological polar surface area (TPSA) is 82.1 Å². The molecule has 2 amide bonds. The summed E-state index contributed by atoms with van der Waals surface area (Å²) >= 11 is 6.07. The number of nitrogens with one attached hydrogen (secondary N) is 1. The van der Waals surface area contributed by atoms with E-state index >= 15 is 0 Å². The fourth-order valence-corrected chi connectivity index (χ4v) is 5.28. The van der Waals surface area contributed by atoms with Crippen LogP contribution in [0.3, 0.4) is 0 Å². The minimum absolute atomic E-state index is 0.0397. The predicted molar refractivity (Wildman–Crippen MR) is 131 cm³/mol. The second-order valence-electron chi connectivity index (χ2n) is 8.49. The van der Waals surface area contributed by atoms with E-state index in [4.69, 9.17) is 11.6 Å². The summed E-state index contributed by atoms with van der Waals surface area (Å²) in [6, 6.07) is 15.9. The molecule has 2 aromatic rings. The van der Waals surface area contributed by atoms with Gasteiger partial charge in [0.05, 0.1) is 5.92 Å². The Morgan fingerprint density at radius 3 is 2.30 bits per heavy atom. The van der Waals surface area contributed by atoms with E-state index in [0.717, 1.165) is 22.0 Å². The molecule has 2 unspecified atom stereocenters. The molecule has 0 spiro atoms. The second kappa shape index (κ2) is 10.3. The van der Waals surface area contributed by atoms with Gasteiger partial charge in [-0.15, -0.1) is 0 Å². The molecule has 1 aliphatic rings. The van der Waals surface area contributed by atoms with Gasteiger partial charge in [0.1, 0.15) is 12.3 Å². The third-order valence-electron chi connectivity index (χ3n) is 5.59. The summed E-state index contributed by atoms with van der Waals surface area (Å²) in [6.07, 6.45) is 0.691. The number of urea groups is 1. The summed E-state index contributed by atoms with van der Waals surface area (Å²) in [5.41, 5.74) is 2.15. The Morgan fingerprint density at radius 2 is 1.73 bits per heavy atom. The maximum atomic E-state index is 13.5. The first kappa shape index (κ1) is 25.3. The maximum Gasteiger partial charge on any atom is 0.460 e. The smallest absolute Gasteiger partial charge is 0.309 e. The molecule has 0 bridgehead atoms. The molecule has 3 rings (SSSR count). The third-order valence-corrected chi connectivity index (χ3v) is 7.92. The van der Waals surface area contributed by atoms with Gasteiger partial charge in [-0.05, 0) is 44.8 Å². The van der Waals surface area contributed by atoms with Crippen LogP contribution in [0.5, 0.6) is 0 Å². The zero-order valence-corrected chi connectivity index (χ0v) is 21.0. The number of carbonyl (C=O) groups excluding carboxylic acids is 1. The van der Waals surface area contributed by atoms with Gasteiger partial charge >= 0.3 is 16.2 Å². The molecule has 0 radical (unpaired) electrons. The van der Waals surface area contributed by atoms with Gasteiger partial charge in [-0.3, -0.25) is 0 Å². The first-order chi connectivity index (χ1) is 15.6. The average molecular weight is 493 g/mol. The van der Waals surface area contributed by atoms with Crippen LogP contribution in [0.4, 0.5) is 4.79 Å². The van der Waals surface area contributed by atoms with Crippen LogP contribution in [0.25, 0.3) is 0 Å². The summed E-state index contributed by atoms with van der Waals surface area (Å²) in [5, 5.41) is 8.01. The van der Waals surface area contributed by atoms with E-state index in [1.54, 1.807) is 24.3 Å². The number of hydrogen-bond donors (Lipinski definition) is 1. The summed E-state index contributed by atoms with van der Waals surface area (Å²) < 4.78 is 27.1. The highest BCUT2D eigenvalue weighted by Gasteiger charge is 2.59. The van der Waals surface area contributed by atoms with Gasteiger partial charge in [0.15, 0.2) is 0 Å². The number of benzene rings is 2. The first-order valence-electron chi connectivity index (χ1n) is 10.7. The standard InChI is InChI=1S/C23H30ClN5O3S/c1-27(2)16-8-15-25-23(30)29(33(31,32)28(3)4)17-21(18-9-6-5-7-10-18)22(26-29)19-11-13-20(24)14-12-19/h5-7,9-14,21H,8,15-17H2,1-4H3/p+1. The van der Waals surface area contributed by atoms with Gasteiger partial charge < -0.3 is 10.2 Å². The highest BCUT2D eigenvalue weighted by atomic mass is 35.5. The van der Waals surface area contributed by atoms with Gasteiger partial charge in [-0.1, -0.05) is 59.2 Å². The molecular formula is C23H31ClN5O3S+. The molecule has 33 heavy (non-hydrogen) atoms. The van der Waals surface area contributed by atoms with Crippen LogP contribution in [0.15, 0.2) is 59.7 Å². The van der Waals surface area contributed by atoms with Crippen molar-refractivity contribution in [3.63, 3.8) is 0 Å². The number of nitrogens with zero attached hydrogens (tertiary/aromatic N) is 4. The van der Waals surface area contributed by atoms with E-state index in [9.17, 15) is 13.2 Å². The van der Waals surface area contributed by atoms with Crippen molar-refractivity contribution in [2.75, 3.05) is 47.8 Å². The summed E-state index contributed by atoms with van der Waals surface area (Å²) in [5.74, 6) is -0.394. The van der Waals surface area contributed by atoms with Crippen molar-refractivity contribution in [1.82, 2.24) is 14.5 Å². The van der Waals surface area contributed by atoms with Crippen molar-refractivity contribution in [1.29, 1.82) is 0 Å². The number of halogens is 1. The number of quaternary nitrogens is 1. The van der Waals surface area contributed by atoms with Gasteiger partial charge in [-0.25, -0.2) is 4.79 Å². The number of rotatable bonds is 8. The van der Waals surface area contributed by atoms with E-state index in [2.05, 4.69) is 10.4 Å². The first-order valence-corrected chi connectivity index (χ1v) is 12.5. The van der Waals surface area contributed by atoms with Crippen molar-refractivity contribution >= 4 is 33.6 Å². The van der Waals surface area contributed by atoms with Crippen molar-refractivity contribution in [2.24, 2.45) is 5.10 Å². The Hall–Kier alpha value is -2.30. The van der Waals surface area contributed by atoms with Crippen LogP contribution < -0.4 is 5.32 Å². The zero-order valence-electron chi connectivity index (χ0n) is 19.4. The fourth-order valence-electron chi connectivity index (χ4n) is 3.81. The van der Waals surface area contributed by atoms with Gasteiger partial charge in [0.2, 0.25) is 0 Å². The SMILES string of the molecule is CN(C)CCCNC(=O)[N+]1(S(=O)(=O)N(C)C)CC(c2ccccc2)C(c2ccc(Cl)cc2)=N1. The summed E-state index contributed by atoms with van der Waals surface area (Å²) in [7, 11) is 2.58. The maximum absolute atomic E-state index is 13.5. The Morgan fingerprint density at radius 1 is 1.09 bits per heavy atom. The second-order valence-corrected chi connectivity index (χ2v) is 11.2.